The Hall–Kier alpha value is -2.00. The Balaban J connectivity index is 2.14. The lowest BCUT2D eigenvalue weighted by Crippen LogP contribution is -1.81. The minimum Gasteiger partial charge on any atom is -0.295 e. The highest BCUT2D eigenvalue weighted by molar-refractivity contribution is 7.11. The largest absolute Gasteiger partial charge is 0.295 e. The zero-order valence-corrected chi connectivity index (χ0v) is 9.78. The molecule has 1 aromatic heterocycles. The van der Waals surface area contributed by atoms with E-state index in [0.29, 0.717) is 5.01 Å². The van der Waals surface area contributed by atoms with Gasteiger partial charge in [-0.15, -0.1) is 11.3 Å². The van der Waals surface area contributed by atoms with E-state index in [4.69, 9.17) is 0 Å². The molecule has 1 heterocycles. The third kappa shape index (κ3) is 1.85. The van der Waals surface area contributed by atoms with E-state index in [1.807, 2.05) is 23.6 Å². The predicted molar refractivity (Wildman–Crippen MR) is 70.4 cm³/mol. The van der Waals surface area contributed by atoms with E-state index >= 15 is 0 Å². The van der Waals surface area contributed by atoms with Crippen molar-refractivity contribution in [3.63, 3.8) is 0 Å². The van der Waals surface area contributed by atoms with Crippen LogP contribution in [0.1, 0.15) is 9.80 Å². The van der Waals surface area contributed by atoms with Crippen molar-refractivity contribution in [1.29, 1.82) is 0 Å². The molecular formula is C14H9NOS. The fourth-order valence-electron chi connectivity index (χ4n) is 1.82. The second-order valence-corrected chi connectivity index (χ2v) is 4.64. The molecule has 0 spiro atoms. The number of rotatable bonds is 2. The standard InChI is InChI=1S/C14H9NOS/c16-8-14-15-13(9-17-14)12-6-5-10-3-1-2-4-11(10)7-12/h1-9H. The molecule has 0 saturated carbocycles. The summed E-state index contributed by atoms with van der Waals surface area (Å²) in [5, 5.41) is 4.83. The van der Waals surface area contributed by atoms with Crippen molar-refractivity contribution in [3.8, 4) is 11.3 Å². The van der Waals surface area contributed by atoms with Gasteiger partial charge in [-0.05, 0) is 16.8 Å². The smallest absolute Gasteiger partial charge is 0.178 e. The van der Waals surface area contributed by atoms with Crippen LogP contribution in [-0.4, -0.2) is 11.3 Å². The summed E-state index contributed by atoms with van der Waals surface area (Å²) in [4.78, 5) is 14.9. The summed E-state index contributed by atoms with van der Waals surface area (Å²) in [7, 11) is 0. The summed E-state index contributed by atoms with van der Waals surface area (Å²) >= 11 is 1.37. The van der Waals surface area contributed by atoms with Crippen LogP contribution in [0.2, 0.25) is 0 Å². The third-order valence-electron chi connectivity index (χ3n) is 2.67. The first kappa shape index (κ1) is 10.2. The Bertz CT molecular complexity index is 687. The van der Waals surface area contributed by atoms with Gasteiger partial charge in [0.25, 0.3) is 0 Å². The average molecular weight is 239 g/mol. The number of carbonyl (C=O) groups is 1. The lowest BCUT2D eigenvalue weighted by Gasteiger charge is -2.00. The molecule has 82 valence electrons. The van der Waals surface area contributed by atoms with Crippen LogP contribution in [0.15, 0.2) is 47.8 Å². The highest BCUT2D eigenvalue weighted by atomic mass is 32.1. The second-order valence-electron chi connectivity index (χ2n) is 3.75. The van der Waals surface area contributed by atoms with Gasteiger partial charge in [-0.3, -0.25) is 4.79 Å². The Morgan fingerprint density at radius 1 is 1.06 bits per heavy atom. The lowest BCUT2D eigenvalue weighted by atomic mass is 10.1. The number of hydrogen-bond acceptors (Lipinski definition) is 3. The zero-order valence-electron chi connectivity index (χ0n) is 8.96. The maximum Gasteiger partial charge on any atom is 0.178 e. The molecule has 0 atom stereocenters. The van der Waals surface area contributed by atoms with Gasteiger partial charge in [-0.2, -0.15) is 0 Å². The molecular weight excluding hydrogens is 230 g/mol. The summed E-state index contributed by atoms with van der Waals surface area (Å²) in [6, 6.07) is 14.4. The van der Waals surface area contributed by atoms with Crippen molar-refractivity contribution >= 4 is 28.4 Å². The minimum atomic E-state index is 0.521. The monoisotopic (exact) mass is 239 g/mol. The molecule has 3 rings (SSSR count). The third-order valence-corrected chi connectivity index (χ3v) is 3.44. The molecule has 0 fully saturated rings. The maximum atomic E-state index is 10.6. The van der Waals surface area contributed by atoms with E-state index in [-0.39, 0.29) is 0 Å². The van der Waals surface area contributed by atoms with E-state index in [9.17, 15) is 4.79 Å². The number of aldehydes is 1. The number of aromatic nitrogens is 1. The summed E-state index contributed by atoms with van der Waals surface area (Å²) in [5.41, 5.74) is 1.91. The minimum absolute atomic E-state index is 0.521. The number of fused-ring (bicyclic) bond motifs is 1. The Labute approximate surface area is 103 Å². The zero-order chi connectivity index (χ0) is 11.7. The molecule has 17 heavy (non-hydrogen) atoms. The SMILES string of the molecule is O=Cc1nc(-c2ccc3ccccc3c2)cs1. The second kappa shape index (κ2) is 4.11. The number of hydrogen-bond donors (Lipinski definition) is 0. The molecule has 3 heteroatoms. The van der Waals surface area contributed by atoms with Crippen molar-refractivity contribution < 1.29 is 4.79 Å². The fourth-order valence-corrected chi connectivity index (χ4v) is 2.45. The van der Waals surface area contributed by atoms with Gasteiger partial charge < -0.3 is 0 Å². The van der Waals surface area contributed by atoms with E-state index in [2.05, 4.69) is 29.2 Å². The topological polar surface area (TPSA) is 30.0 Å². The van der Waals surface area contributed by atoms with Gasteiger partial charge in [-0.1, -0.05) is 36.4 Å². The molecule has 0 saturated heterocycles. The normalized spacial score (nSPS) is 10.6. The quantitative estimate of drug-likeness (QED) is 0.637. The van der Waals surface area contributed by atoms with Crippen LogP contribution in [0.4, 0.5) is 0 Å². The van der Waals surface area contributed by atoms with Gasteiger partial charge in [0.15, 0.2) is 11.3 Å². The number of thiazole rings is 1. The summed E-state index contributed by atoms with van der Waals surface area (Å²) in [5.74, 6) is 0. The molecule has 2 nitrogen and oxygen atoms in total. The predicted octanol–water partition coefficient (Wildman–Crippen LogP) is 3.78. The average Bonchev–Trinajstić information content (AvgIpc) is 2.87. The Morgan fingerprint density at radius 3 is 2.65 bits per heavy atom. The van der Waals surface area contributed by atoms with Crippen LogP contribution in [0, 0.1) is 0 Å². The molecule has 0 amide bonds. The first-order chi connectivity index (χ1) is 8.36. The molecule has 0 unspecified atom stereocenters. The first-order valence-electron chi connectivity index (χ1n) is 5.27. The van der Waals surface area contributed by atoms with Crippen molar-refractivity contribution in [2.24, 2.45) is 0 Å². The highest BCUT2D eigenvalue weighted by Crippen LogP contribution is 2.25. The van der Waals surface area contributed by atoms with Gasteiger partial charge in [-0.25, -0.2) is 4.98 Å². The van der Waals surface area contributed by atoms with Crippen LogP contribution >= 0.6 is 11.3 Å². The van der Waals surface area contributed by atoms with Gasteiger partial charge in [0.2, 0.25) is 0 Å². The molecule has 0 aliphatic rings. The van der Waals surface area contributed by atoms with Crippen molar-refractivity contribution in [2.45, 2.75) is 0 Å². The number of carbonyl (C=O) groups excluding carboxylic acids is 1. The number of benzene rings is 2. The maximum absolute atomic E-state index is 10.6. The van der Waals surface area contributed by atoms with Crippen molar-refractivity contribution in [3.05, 3.63) is 52.9 Å². The Kier molecular flexibility index (Phi) is 2.46. The fraction of sp³-hybridized carbons (Fsp3) is 0. The van der Waals surface area contributed by atoms with Crippen LogP contribution in [0.25, 0.3) is 22.0 Å². The van der Waals surface area contributed by atoms with Crippen LogP contribution in [0.3, 0.4) is 0 Å². The molecule has 0 bridgehead atoms. The van der Waals surface area contributed by atoms with Gasteiger partial charge >= 0.3 is 0 Å². The molecule has 0 aliphatic carbocycles. The lowest BCUT2D eigenvalue weighted by molar-refractivity contribution is 0.112. The number of nitrogens with zero attached hydrogens (tertiary/aromatic N) is 1. The van der Waals surface area contributed by atoms with Crippen LogP contribution < -0.4 is 0 Å². The van der Waals surface area contributed by atoms with Gasteiger partial charge in [0.1, 0.15) is 0 Å². The van der Waals surface area contributed by atoms with Crippen LogP contribution in [0.5, 0.6) is 0 Å². The van der Waals surface area contributed by atoms with Crippen LogP contribution in [-0.2, 0) is 0 Å². The molecule has 0 radical (unpaired) electrons. The first-order valence-corrected chi connectivity index (χ1v) is 6.15. The highest BCUT2D eigenvalue weighted by Gasteiger charge is 2.04. The van der Waals surface area contributed by atoms with Gasteiger partial charge in [0, 0.05) is 10.9 Å². The van der Waals surface area contributed by atoms with Gasteiger partial charge in [0.05, 0.1) is 5.69 Å². The van der Waals surface area contributed by atoms with E-state index < -0.39 is 0 Å². The molecule has 2 aromatic carbocycles. The summed E-state index contributed by atoms with van der Waals surface area (Å²) in [6.07, 6.45) is 0.787. The molecule has 3 aromatic rings. The van der Waals surface area contributed by atoms with Crippen molar-refractivity contribution in [2.75, 3.05) is 0 Å². The summed E-state index contributed by atoms with van der Waals surface area (Å²) < 4.78 is 0. The Morgan fingerprint density at radius 2 is 1.88 bits per heavy atom. The van der Waals surface area contributed by atoms with Crippen molar-refractivity contribution in [1.82, 2.24) is 4.98 Å². The van der Waals surface area contributed by atoms with E-state index in [0.717, 1.165) is 17.5 Å². The summed E-state index contributed by atoms with van der Waals surface area (Å²) in [6.45, 7) is 0. The van der Waals surface area contributed by atoms with E-state index in [1.165, 1.54) is 22.1 Å². The molecule has 0 aliphatic heterocycles. The van der Waals surface area contributed by atoms with E-state index in [1.54, 1.807) is 0 Å². The molecule has 0 N–H and O–H groups in total.